The summed E-state index contributed by atoms with van der Waals surface area (Å²) in [6.45, 7) is 0.0458. The van der Waals surface area contributed by atoms with E-state index < -0.39 is 20.0 Å². The van der Waals surface area contributed by atoms with E-state index in [2.05, 4.69) is 0 Å². The number of nitro benzene ring substituents is 1. The van der Waals surface area contributed by atoms with Crippen molar-refractivity contribution >= 4 is 27.5 Å². The molecule has 22 heavy (non-hydrogen) atoms. The van der Waals surface area contributed by atoms with Crippen molar-refractivity contribution in [2.45, 2.75) is 11.5 Å². The molecule has 2 aromatic carbocycles. The third-order valence-electron chi connectivity index (χ3n) is 2.73. The van der Waals surface area contributed by atoms with Gasteiger partial charge in [0, 0.05) is 12.1 Å². The zero-order valence-electron chi connectivity index (χ0n) is 10.9. The van der Waals surface area contributed by atoms with Crippen LogP contribution in [-0.2, 0) is 16.8 Å². The van der Waals surface area contributed by atoms with E-state index in [0.717, 1.165) is 18.2 Å². The van der Waals surface area contributed by atoms with Crippen LogP contribution < -0.4 is 4.74 Å². The van der Waals surface area contributed by atoms with Gasteiger partial charge in [-0.25, -0.2) is 0 Å². The minimum Gasteiger partial charge on any atom is -0.487 e. The van der Waals surface area contributed by atoms with Crippen molar-refractivity contribution < 1.29 is 22.0 Å². The number of non-ortho nitro benzene ring substituents is 1. The molecule has 0 bridgehead atoms. The first-order valence-electron chi connectivity index (χ1n) is 5.88. The number of hydrogen-bond donors (Lipinski definition) is 0. The van der Waals surface area contributed by atoms with Crippen LogP contribution in [0.2, 0.25) is 5.02 Å². The van der Waals surface area contributed by atoms with E-state index in [1.165, 1.54) is 24.3 Å². The lowest BCUT2D eigenvalue weighted by Crippen LogP contribution is -1.98. The van der Waals surface area contributed by atoms with Crippen LogP contribution in [0.5, 0.6) is 5.75 Å². The van der Waals surface area contributed by atoms with E-state index in [1.54, 1.807) is 0 Å². The molecule has 0 spiro atoms. The molecule has 0 unspecified atom stereocenters. The number of nitrogens with zero attached hydrogens (tertiary/aromatic N) is 1. The maximum Gasteiger partial charge on any atom is 0.332 e. The highest BCUT2D eigenvalue weighted by atomic mass is 35.5. The first-order valence-corrected chi connectivity index (χ1v) is 7.64. The Bertz CT molecular complexity index is 808. The third kappa shape index (κ3) is 3.92. The van der Waals surface area contributed by atoms with Gasteiger partial charge in [0.25, 0.3) is 5.69 Å². The summed E-state index contributed by atoms with van der Waals surface area (Å²) in [4.78, 5) is 9.57. The summed E-state index contributed by atoms with van der Waals surface area (Å²) < 4.78 is 39.5. The molecule has 0 saturated heterocycles. The lowest BCUT2D eigenvalue weighted by molar-refractivity contribution is -0.384. The number of nitro groups is 1. The third-order valence-corrected chi connectivity index (χ3v) is 3.86. The molecule has 0 aromatic heterocycles. The highest BCUT2D eigenvalue weighted by molar-refractivity contribution is 7.86. The topological polar surface area (TPSA) is 86.5 Å². The van der Waals surface area contributed by atoms with E-state index in [9.17, 15) is 22.4 Å². The smallest absolute Gasteiger partial charge is 0.332 e. The summed E-state index contributed by atoms with van der Waals surface area (Å²) in [5.74, 6) is 0.245. The Labute approximate surface area is 130 Å². The second-order valence-corrected chi connectivity index (χ2v) is 6.00. The Balaban J connectivity index is 2.09. The van der Waals surface area contributed by atoms with Crippen LogP contribution in [0.25, 0.3) is 0 Å². The zero-order chi connectivity index (χ0) is 16.3. The average molecular weight is 346 g/mol. The molecule has 116 valence electrons. The van der Waals surface area contributed by atoms with Crippen molar-refractivity contribution in [2.75, 3.05) is 0 Å². The minimum absolute atomic E-state index is 0.0458. The molecule has 0 heterocycles. The minimum atomic E-state index is -4.73. The summed E-state index contributed by atoms with van der Waals surface area (Å²) in [5.41, 5.74) is 0.427. The molecule has 0 aliphatic carbocycles. The van der Waals surface area contributed by atoms with Crippen LogP contribution in [0.1, 0.15) is 5.56 Å². The number of ether oxygens (including phenoxy) is 1. The maximum absolute atomic E-state index is 12.7. The molecule has 0 fully saturated rings. The Morgan fingerprint density at radius 1 is 1.18 bits per heavy atom. The maximum atomic E-state index is 12.7. The van der Waals surface area contributed by atoms with Crippen molar-refractivity contribution in [3.63, 3.8) is 0 Å². The van der Waals surface area contributed by atoms with Crippen LogP contribution in [0.4, 0.5) is 9.57 Å². The Morgan fingerprint density at radius 2 is 1.82 bits per heavy atom. The molecule has 0 aliphatic rings. The highest BCUT2D eigenvalue weighted by Gasteiger charge is 2.12. The molecule has 6 nitrogen and oxygen atoms in total. The quantitative estimate of drug-likeness (QED) is 0.470. The molecular weight excluding hydrogens is 337 g/mol. The normalized spacial score (nSPS) is 11.2. The van der Waals surface area contributed by atoms with Crippen molar-refractivity contribution in [3.8, 4) is 5.75 Å². The van der Waals surface area contributed by atoms with Crippen LogP contribution in [-0.4, -0.2) is 13.3 Å². The fourth-order valence-corrected chi connectivity index (χ4v) is 2.32. The van der Waals surface area contributed by atoms with E-state index >= 15 is 0 Å². The predicted molar refractivity (Wildman–Crippen MR) is 77.2 cm³/mol. The van der Waals surface area contributed by atoms with Crippen LogP contribution in [0, 0.1) is 10.1 Å². The van der Waals surface area contributed by atoms with Crippen molar-refractivity contribution in [1.29, 1.82) is 0 Å². The molecule has 0 saturated carbocycles. The standard InChI is InChI=1S/C13H9ClFNO5S/c14-12-7-10(16(17)18)3-6-13(12)21-8-9-1-4-11(5-2-9)22(15,19)20/h1-7H,8H2. The van der Waals surface area contributed by atoms with Crippen molar-refractivity contribution in [3.05, 3.63) is 63.2 Å². The van der Waals surface area contributed by atoms with Gasteiger partial charge in [0.2, 0.25) is 0 Å². The molecule has 0 atom stereocenters. The summed E-state index contributed by atoms with van der Waals surface area (Å²) in [6.07, 6.45) is 0. The second kappa shape index (κ2) is 6.29. The van der Waals surface area contributed by atoms with Crippen LogP contribution in [0.3, 0.4) is 0 Å². The van der Waals surface area contributed by atoms with E-state index in [1.807, 2.05) is 0 Å². The average Bonchev–Trinajstić information content (AvgIpc) is 2.45. The fourth-order valence-electron chi connectivity index (χ4n) is 1.63. The van der Waals surface area contributed by atoms with Gasteiger partial charge < -0.3 is 4.74 Å². The van der Waals surface area contributed by atoms with Gasteiger partial charge in [-0.3, -0.25) is 10.1 Å². The number of halogens is 2. The highest BCUT2D eigenvalue weighted by Crippen LogP contribution is 2.29. The largest absolute Gasteiger partial charge is 0.487 e. The first-order chi connectivity index (χ1) is 10.3. The number of benzene rings is 2. The molecule has 9 heteroatoms. The molecule has 2 rings (SSSR count). The summed E-state index contributed by atoms with van der Waals surface area (Å²) in [6, 6.07) is 8.80. The van der Waals surface area contributed by atoms with E-state index in [0.29, 0.717) is 5.56 Å². The lowest BCUT2D eigenvalue weighted by Gasteiger charge is -2.08. The Kier molecular flexibility index (Phi) is 4.62. The molecule has 0 radical (unpaired) electrons. The van der Waals surface area contributed by atoms with Crippen molar-refractivity contribution in [1.82, 2.24) is 0 Å². The molecule has 0 N–H and O–H groups in total. The van der Waals surface area contributed by atoms with Gasteiger partial charge in [-0.15, -0.1) is 3.89 Å². The van der Waals surface area contributed by atoms with Gasteiger partial charge in [-0.2, -0.15) is 8.42 Å². The predicted octanol–water partition coefficient (Wildman–Crippen LogP) is 3.49. The van der Waals surface area contributed by atoms with Crippen LogP contribution in [0.15, 0.2) is 47.4 Å². The lowest BCUT2D eigenvalue weighted by atomic mass is 10.2. The molecule has 0 aliphatic heterocycles. The van der Waals surface area contributed by atoms with Gasteiger partial charge in [0.15, 0.2) is 0 Å². The van der Waals surface area contributed by atoms with Crippen molar-refractivity contribution in [2.24, 2.45) is 0 Å². The van der Waals surface area contributed by atoms with Gasteiger partial charge in [-0.1, -0.05) is 23.7 Å². The monoisotopic (exact) mass is 345 g/mol. The van der Waals surface area contributed by atoms with Gasteiger partial charge in [0.1, 0.15) is 12.4 Å². The fraction of sp³-hybridized carbons (Fsp3) is 0.0769. The van der Waals surface area contributed by atoms with Gasteiger partial charge >= 0.3 is 10.2 Å². The Hall–Kier alpha value is -2.19. The zero-order valence-corrected chi connectivity index (χ0v) is 12.5. The first kappa shape index (κ1) is 16.2. The van der Waals surface area contributed by atoms with Crippen LogP contribution >= 0.6 is 11.6 Å². The SMILES string of the molecule is O=[N+]([O-])c1ccc(OCc2ccc(S(=O)(=O)F)cc2)c(Cl)c1. The Morgan fingerprint density at radius 3 is 2.32 bits per heavy atom. The van der Waals surface area contributed by atoms with Gasteiger partial charge in [0.05, 0.1) is 14.8 Å². The van der Waals surface area contributed by atoms with Gasteiger partial charge in [-0.05, 0) is 23.8 Å². The number of hydrogen-bond acceptors (Lipinski definition) is 5. The molecular formula is C13H9ClFNO5S. The van der Waals surface area contributed by atoms with E-state index in [4.69, 9.17) is 16.3 Å². The second-order valence-electron chi connectivity index (χ2n) is 4.24. The summed E-state index contributed by atoms with van der Waals surface area (Å²) in [7, 11) is -4.73. The summed E-state index contributed by atoms with van der Waals surface area (Å²) in [5, 5.41) is 10.7. The number of rotatable bonds is 5. The van der Waals surface area contributed by atoms with E-state index in [-0.39, 0.29) is 23.1 Å². The summed E-state index contributed by atoms with van der Waals surface area (Å²) >= 11 is 5.87. The molecule has 2 aromatic rings. The molecule has 0 amide bonds.